The second-order valence-corrected chi connectivity index (χ2v) is 3.23. The standard InChI is InChI=1S/C11H16NO/c1-4-13-11-7-5-10(6-8-11)9-12(2)3/h5-7H,4,9H2,1-3H3. The molecule has 2 nitrogen and oxygen atoms in total. The lowest BCUT2D eigenvalue weighted by molar-refractivity contribution is 0.339. The summed E-state index contributed by atoms with van der Waals surface area (Å²) < 4.78 is 5.30. The highest BCUT2D eigenvalue weighted by molar-refractivity contribution is 5.25. The second kappa shape index (κ2) is 4.87. The van der Waals surface area contributed by atoms with E-state index in [-0.39, 0.29) is 0 Å². The van der Waals surface area contributed by atoms with Gasteiger partial charge in [-0.25, -0.2) is 0 Å². The minimum Gasteiger partial charge on any atom is -0.493 e. The van der Waals surface area contributed by atoms with E-state index in [2.05, 4.69) is 31.1 Å². The number of rotatable bonds is 4. The van der Waals surface area contributed by atoms with Crippen molar-refractivity contribution in [2.24, 2.45) is 0 Å². The lowest BCUT2D eigenvalue weighted by Gasteiger charge is -2.09. The fraction of sp³-hybridized carbons (Fsp3) is 0.455. The van der Waals surface area contributed by atoms with Crippen LogP contribution in [0.2, 0.25) is 0 Å². The summed E-state index contributed by atoms with van der Waals surface area (Å²) in [5.41, 5.74) is 1.26. The van der Waals surface area contributed by atoms with Crippen molar-refractivity contribution in [3.63, 3.8) is 0 Å². The Morgan fingerprint density at radius 1 is 1.38 bits per heavy atom. The molecule has 13 heavy (non-hydrogen) atoms. The van der Waals surface area contributed by atoms with Crippen LogP contribution in [0.15, 0.2) is 18.2 Å². The predicted molar refractivity (Wildman–Crippen MR) is 53.8 cm³/mol. The van der Waals surface area contributed by atoms with Crippen LogP contribution < -0.4 is 4.74 Å². The van der Waals surface area contributed by atoms with Gasteiger partial charge in [0.25, 0.3) is 0 Å². The zero-order valence-corrected chi connectivity index (χ0v) is 8.50. The molecule has 0 aliphatic rings. The minimum atomic E-state index is 0.698. The van der Waals surface area contributed by atoms with Gasteiger partial charge >= 0.3 is 0 Å². The Hall–Kier alpha value is -1.02. The third-order valence-corrected chi connectivity index (χ3v) is 1.65. The van der Waals surface area contributed by atoms with Crippen LogP contribution >= 0.6 is 0 Å². The van der Waals surface area contributed by atoms with Gasteiger partial charge in [0.2, 0.25) is 0 Å². The monoisotopic (exact) mass is 178 g/mol. The van der Waals surface area contributed by atoms with Crippen molar-refractivity contribution in [3.8, 4) is 5.75 Å². The third-order valence-electron chi connectivity index (χ3n) is 1.65. The number of hydrogen-bond acceptors (Lipinski definition) is 2. The van der Waals surface area contributed by atoms with E-state index in [1.165, 1.54) is 5.56 Å². The van der Waals surface area contributed by atoms with Crippen molar-refractivity contribution in [1.82, 2.24) is 4.90 Å². The molecule has 0 saturated heterocycles. The van der Waals surface area contributed by atoms with Crippen LogP contribution in [0.4, 0.5) is 0 Å². The van der Waals surface area contributed by atoms with Crippen LogP contribution in [0.25, 0.3) is 0 Å². The van der Waals surface area contributed by atoms with E-state index in [0.717, 1.165) is 12.3 Å². The summed E-state index contributed by atoms with van der Waals surface area (Å²) in [6.07, 6.45) is 0. The summed E-state index contributed by atoms with van der Waals surface area (Å²) in [4.78, 5) is 2.13. The van der Waals surface area contributed by atoms with Crippen molar-refractivity contribution >= 4 is 0 Å². The molecule has 0 spiro atoms. The smallest absolute Gasteiger partial charge is 0.127 e. The summed E-state index contributed by atoms with van der Waals surface area (Å²) in [6.45, 7) is 3.62. The van der Waals surface area contributed by atoms with E-state index in [0.29, 0.717) is 6.61 Å². The summed E-state index contributed by atoms with van der Waals surface area (Å²) in [7, 11) is 4.10. The van der Waals surface area contributed by atoms with Crippen LogP contribution in [-0.4, -0.2) is 25.6 Å². The van der Waals surface area contributed by atoms with Gasteiger partial charge in [-0.2, -0.15) is 0 Å². The highest BCUT2D eigenvalue weighted by Gasteiger charge is 1.96. The van der Waals surface area contributed by atoms with E-state index in [4.69, 9.17) is 4.74 Å². The average molecular weight is 178 g/mol. The molecule has 2 heteroatoms. The number of ether oxygens (including phenoxy) is 1. The van der Waals surface area contributed by atoms with Crippen LogP contribution in [0.3, 0.4) is 0 Å². The molecule has 0 unspecified atom stereocenters. The van der Waals surface area contributed by atoms with Gasteiger partial charge in [-0.1, -0.05) is 6.07 Å². The van der Waals surface area contributed by atoms with Crippen molar-refractivity contribution < 1.29 is 4.74 Å². The average Bonchev–Trinajstić information content (AvgIpc) is 2.08. The maximum Gasteiger partial charge on any atom is 0.127 e. The maximum atomic E-state index is 5.30. The fourth-order valence-electron chi connectivity index (χ4n) is 1.15. The molecule has 0 aromatic heterocycles. The second-order valence-electron chi connectivity index (χ2n) is 3.23. The highest BCUT2D eigenvalue weighted by Crippen LogP contribution is 2.11. The Kier molecular flexibility index (Phi) is 3.77. The van der Waals surface area contributed by atoms with Gasteiger partial charge in [0.1, 0.15) is 5.75 Å². The number of hydrogen-bond donors (Lipinski definition) is 0. The zero-order valence-electron chi connectivity index (χ0n) is 8.50. The molecule has 0 saturated carbocycles. The molecule has 0 bridgehead atoms. The first kappa shape index (κ1) is 10.1. The first-order valence-electron chi connectivity index (χ1n) is 4.50. The molecule has 1 radical (unpaired) electrons. The molecule has 1 aromatic carbocycles. The molecule has 0 aliphatic heterocycles. The minimum absolute atomic E-state index is 0.698. The van der Waals surface area contributed by atoms with Gasteiger partial charge < -0.3 is 9.64 Å². The summed E-state index contributed by atoms with van der Waals surface area (Å²) in [5.74, 6) is 0.824. The molecular weight excluding hydrogens is 162 g/mol. The lowest BCUT2D eigenvalue weighted by Crippen LogP contribution is -2.10. The molecular formula is C11H16NO. The van der Waals surface area contributed by atoms with Crippen LogP contribution in [0.1, 0.15) is 12.5 Å². The van der Waals surface area contributed by atoms with E-state index in [9.17, 15) is 0 Å². The summed E-state index contributed by atoms with van der Waals surface area (Å²) in [6, 6.07) is 9.10. The van der Waals surface area contributed by atoms with Gasteiger partial charge in [-0.05, 0) is 38.7 Å². The first-order chi connectivity index (χ1) is 6.22. The van der Waals surface area contributed by atoms with Gasteiger partial charge in [-0.3, -0.25) is 0 Å². The molecule has 1 aromatic rings. The summed E-state index contributed by atoms with van der Waals surface area (Å²) in [5, 5.41) is 0. The molecule has 0 N–H and O–H groups in total. The van der Waals surface area contributed by atoms with Crippen LogP contribution in [0.5, 0.6) is 5.75 Å². The Balaban J connectivity index is 2.59. The van der Waals surface area contributed by atoms with Crippen molar-refractivity contribution in [1.29, 1.82) is 0 Å². The SMILES string of the molecule is CCOc1[c]cc(CN(C)C)cc1. The molecule has 0 aliphatic carbocycles. The first-order valence-corrected chi connectivity index (χ1v) is 4.50. The van der Waals surface area contributed by atoms with E-state index < -0.39 is 0 Å². The fourth-order valence-corrected chi connectivity index (χ4v) is 1.15. The molecule has 71 valence electrons. The van der Waals surface area contributed by atoms with Crippen molar-refractivity contribution in [2.75, 3.05) is 20.7 Å². The molecule has 0 fully saturated rings. The molecule has 0 heterocycles. The Morgan fingerprint density at radius 2 is 2.15 bits per heavy atom. The maximum absolute atomic E-state index is 5.30. The molecule has 1 rings (SSSR count). The predicted octanol–water partition coefficient (Wildman–Crippen LogP) is 1.95. The van der Waals surface area contributed by atoms with Gasteiger partial charge in [0, 0.05) is 12.6 Å². The normalized spacial score (nSPS) is 10.5. The quantitative estimate of drug-likeness (QED) is 0.698. The molecule has 0 atom stereocenters. The third kappa shape index (κ3) is 3.47. The highest BCUT2D eigenvalue weighted by atomic mass is 16.5. The summed E-state index contributed by atoms with van der Waals surface area (Å²) >= 11 is 0. The van der Waals surface area contributed by atoms with E-state index >= 15 is 0 Å². The van der Waals surface area contributed by atoms with E-state index in [1.54, 1.807) is 0 Å². The van der Waals surface area contributed by atoms with Crippen LogP contribution in [-0.2, 0) is 6.54 Å². The molecule has 0 amide bonds. The lowest BCUT2D eigenvalue weighted by atomic mass is 10.2. The van der Waals surface area contributed by atoms with Crippen LogP contribution in [0, 0.1) is 6.07 Å². The Bertz CT molecular complexity index is 241. The Morgan fingerprint density at radius 3 is 2.62 bits per heavy atom. The van der Waals surface area contributed by atoms with Crippen molar-refractivity contribution in [3.05, 3.63) is 29.8 Å². The van der Waals surface area contributed by atoms with Gasteiger partial charge in [0.15, 0.2) is 0 Å². The zero-order chi connectivity index (χ0) is 9.68. The number of benzene rings is 1. The van der Waals surface area contributed by atoms with Gasteiger partial charge in [-0.15, -0.1) is 0 Å². The number of nitrogens with zero attached hydrogens (tertiary/aromatic N) is 1. The Labute approximate surface area is 80.1 Å². The van der Waals surface area contributed by atoms with Crippen molar-refractivity contribution in [2.45, 2.75) is 13.5 Å². The largest absolute Gasteiger partial charge is 0.493 e. The van der Waals surface area contributed by atoms with Gasteiger partial charge in [0.05, 0.1) is 6.61 Å². The topological polar surface area (TPSA) is 12.5 Å². The van der Waals surface area contributed by atoms with E-state index in [1.807, 2.05) is 19.1 Å².